The van der Waals surface area contributed by atoms with Crippen LogP contribution >= 0.6 is 0 Å². The van der Waals surface area contributed by atoms with Crippen LogP contribution in [0.2, 0.25) is 0 Å². The molecule has 0 aliphatic carbocycles. The first kappa shape index (κ1) is 9.43. The highest BCUT2D eigenvalue weighted by molar-refractivity contribution is 5.69. The highest BCUT2D eigenvalue weighted by Gasteiger charge is 2.05. The average molecular weight is 145 g/mol. The topological polar surface area (TPSA) is 46.2 Å². The van der Waals surface area contributed by atoms with Gasteiger partial charge in [-0.2, -0.15) is 0 Å². The Morgan fingerprint density at radius 2 is 2.20 bits per heavy atom. The number of hydrogen-bond donors (Lipinski definition) is 0. The molecule has 0 rings (SSSR count). The van der Waals surface area contributed by atoms with E-state index in [1.807, 2.05) is 13.8 Å². The lowest BCUT2D eigenvalue weighted by Gasteiger charge is -2.08. The molecule has 0 spiro atoms. The van der Waals surface area contributed by atoms with E-state index in [9.17, 15) is 9.90 Å². The standard InChI is InChI=1S/C7H13O3/c1-3-6(2)10-7(9)4-5-8/h6H,3-5H2,1-2H3. The molecular weight excluding hydrogens is 132 g/mol. The van der Waals surface area contributed by atoms with E-state index in [-0.39, 0.29) is 25.1 Å². The minimum absolute atomic E-state index is 0.00958. The van der Waals surface area contributed by atoms with E-state index >= 15 is 0 Å². The van der Waals surface area contributed by atoms with Crippen molar-refractivity contribution < 1.29 is 14.6 Å². The Labute approximate surface area is 61.0 Å². The van der Waals surface area contributed by atoms with Gasteiger partial charge in [0.05, 0.1) is 19.1 Å². The molecule has 1 atom stereocenters. The molecule has 0 fully saturated rings. The fourth-order valence-corrected chi connectivity index (χ4v) is 0.450. The molecule has 1 radical (unpaired) electrons. The van der Waals surface area contributed by atoms with Gasteiger partial charge in [-0.1, -0.05) is 6.92 Å². The second-order valence-electron chi connectivity index (χ2n) is 2.16. The van der Waals surface area contributed by atoms with E-state index in [0.717, 1.165) is 6.42 Å². The highest BCUT2D eigenvalue weighted by Crippen LogP contribution is 1.97. The summed E-state index contributed by atoms with van der Waals surface area (Å²) in [6.45, 7) is 3.35. The van der Waals surface area contributed by atoms with Crippen LogP contribution in [0.1, 0.15) is 26.7 Å². The van der Waals surface area contributed by atoms with Crippen molar-refractivity contribution >= 4 is 5.97 Å². The molecule has 3 heteroatoms. The minimum Gasteiger partial charge on any atom is -0.463 e. The zero-order chi connectivity index (χ0) is 7.98. The Kier molecular flexibility index (Phi) is 4.94. The second-order valence-corrected chi connectivity index (χ2v) is 2.16. The maximum Gasteiger partial charge on any atom is 0.308 e. The van der Waals surface area contributed by atoms with Crippen molar-refractivity contribution in [3.63, 3.8) is 0 Å². The Morgan fingerprint density at radius 1 is 1.60 bits per heavy atom. The Morgan fingerprint density at radius 3 is 2.60 bits per heavy atom. The molecule has 0 aromatic heterocycles. The molecule has 3 nitrogen and oxygen atoms in total. The fourth-order valence-electron chi connectivity index (χ4n) is 0.450. The van der Waals surface area contributed by atoms with E-state index < -0.39 is 0 Å². The van der Waals surface area contributed by atoms with Crippen LogP contribution in [-0.2, 0) is 14.6 Å². The summed E-state index contributed by atoms with van der Waals surface area (Å²) in [5, 5.41) is 9.91. The van der Waals surface area contributed by atoms with Crippen molar-refractivity contribution in [1.29, 1.82) is 0 Å². The highest BCUT2D eigenvalue weighted by atomic mass is 16.5. The molecule has 10 heavy (non-hydrogen) atoms. The summed E-state index contributed by atoms with van der Waals surface area (Å²) in [5.41, 5.74) is 0. The lowest BCUT2D eigenvalue weighted by atomic mass is 10.3. The third-order valence-electron chi connectivity index (χ3n) is 1.21. The van der Waals surface area contributed by atoms with Gasteiger partial charge < -0.3 is 4.74 Å². The molecule has 59 valence electrons. The quantitative estimate of drug-likeness (QED) is 0.557. The second kappa shape index (κ2) is 5.23. The van der Waals surface area contributed by atoms with Gasteiger partial charge in [-0.3, -0.25) is 4.79 Å². The number of ether oxygens (including phenoxy) is 1. The predicted octanol–water partition coefficient (Wildman–Crippen LogP) is 1.15. The molecule has 0 aliphatic rings. The number of carbonyl (C=O) groups excluding carboxylic acids is 1. The molecule has 0 aromatic carbocycles. The van der Waals surface area contributed by atoms with Gasteiger partial charge in [0.15, 0.2) is 0 Å². The number of carbonyl (C=O) groups is 1. The molecule has 0 amide bonds. The van der Waals surface area contributed by atoms with E-state index in [1.165, 1.54) is 0 Å². The lowest BCUT2D eigenvalue weighted by molar-refractivity contribution is -0.149. The fraction of sp³-hybridized carbons (Fsp3) is 0.857. The van der Waals surface area contributed by atoms with E-state index in [0.29, 0.717) is 0 Å². The smallest absolute Gasteiger partial charge is 0.308 e. The third kappa shape index (κ3) is 4.32. The van der Waals surface area contributed by atoms with Crippen molar-refractivity contribution in [2.24, 2.45) is 0 Å². The van der Waals surface area contributed by atoms with E-state index in [4.69, 9.17) is 4.74 Å². The normalized spacial score (nSPS) is 12.7. The van der Waals surface area contributed by atoms with E-state index in [1.54, 1.807) is 0 Å². The molecule has 0 bridgehead atoms. The maximum atomic E-state index is 10.6. The molecule has 0 saturated heterocycles. The maximum absolute atomic E-state index is 10.6. The van der Waals surface area contributed by atoms with Crippen LogP contribution < -0.4 is 0 Å². The van der Waals surface area contributed by atoms with Gasteiger partial charge in [0.25, 0.3) is 0 Å². The van der Waals surface area contributed by atoms with Gasteiger partial charge in [-0.15, -0.1) is 0 Å². The summed E-state index contributed by atoms with van der Waals surface area (Å²) in [6, 6.07) is 0. The Bertz CT molecular complexity index is 101. The molecule has 0 heterocycles. The molecule has 0 aromatic rings. The average Bonchev–Trinajstić information content (AvgIpc) is 1.88. The van der Waals surface area contributed by atoms with Gasteiger partial charge in [0.1, 0.15) is 0 Å². The van der Waals surface area contributed by atoms with Crippen molar-refractivity contribution in [2.75, 3.05) is 6.61 Å². The SMILES string of the molecule is CCC(C)OC(=O)CC[O]. The Hall–Kier alpha value is -0.570. The van der Waals surface area contributed by atoms with Crippen LogP contribution in [0.5, 0.6) is 0 Å². The Balaban J connectivity index is 3.37. The summed E-state index contributed by atoms with van der Waals surface area (Å²) < 4.78 is 4.80. The van der Waals surface area contributed by atoms with E-state index in [2.05, 4.69) is 0 Å². The third-order valence-corrected chi connectivity index (χ3v) is 1.21. The number of esters is 1. The van der Waals surface area contributed by atoms with Gasteiger partial charge in [0.2, 0.25) is 0 Å². The van der Waals surface area contributed by atoms with Crippen molar-refractivity contribution in [3.8, 4) is 0 Å². The molecule has 1 unspecified atom stereocenters. The van der Waals surface area contributed by atoms with Crippen LogP contribution in [0.3, 0.4) is 0 Å². The van der Waals surface area contributed by atoms with Crippen molar-refractivity contribution in [1.82, 2.24) is 0 Å². The van der Waals surface area contributed by atoms with Crippen molar-refractivity contribution in [3.05, 3.63) is 0 Å². The summed E-state index contributed by atoms with van der Waals surface area (Å²) >= 11 is 0. The van der Waals surface area contributed by atoms with Gasteiger partial charge >= 0.3 is 5.97 Å². The lowest BCUT2D eigenvalue weighted by Crippen LogP contribution is -2.14. The van der Waals surface area contributed by atoms with Crippen LogP contribution in [0.15, 0.2) is 0 Å². The first-order valence-corrected chi connectivity index (χ1v) is 3.48. The zero-order valence-electron chi connectivity index (χ0n) is 6.42. The summed E-state index contributed by atoms with van der Waals surface area (Å²) in [5.74, 6) is -0.385. The predicted molar refractivity (Wildman–Crippen MR) is 36.0 cm³/mol. The summed E-state index contributed by atoms with van der Waals surface area (Å²) in [6.07, 6.45) is 0.730. The zero-order valence-corrected chi connectivity index (χ0v) is 6.42. The van der Waals surface area contributed by atoms with Gasteiger partial charge in [-0.05, 0) is 13.3 Å². The van der Waals surface area contributed by atoms with Crippen LogP contribution in [0, 0.1) is 0 Å². The van der Waals surface area contributed by atoms with Crippen LogP contribution in [0.4, 0.5) is 0 Å². The first-order chi connectivity index (χ1) is 4.70. The molecule has 0 aliphatic heterocycles. The summed E-state index contributed by atoms with van der Waals surface area (Å²) in [7, 11) is 0. The van der Waals surface area contributed by atoms with Gasteiger partial charge in [-0.25, -0.2) is 5.11 Å². The number of hydrogen-bond acceptors (Lipinski definition) is 2. The minimum atomic E-state index is -0.385. The molecular formula is C7H13O3. The monoisotopic (exact) mass is 145 g/mol. The molecule has 0 N–H and O–H groups in total. The molecule has 0 saturated carbocycles. The number of rotatable bonds is 4. The largest absolute Gasteiger partial charge is 0.463 e. The van der Waals surface area contributed by atoms with Crippen LogP contribution in [0.25, 0.3) is 0 Å². The van der Waals surface area contributed by atoms with Gasteiger partial charge in [0, 0.05) is 0 Å². The summed E-state index contributed by atoms with van der Waals surface area (Å²) in [4.78, 5) is 10.6. The first-order valence-electron chi connectivity index (χ1n) is 3.48. The van der Waals surface area contributed by atoms with Crippen LogP contribution in [-0.4, -0.2) is 18.7 Å². The van der Waals surface area contributed by atoms with Crippen molar-refractivity contribution in [2.45, 2.75) is 32.8 Å².